The number of aromatic nitrogens is 1. The van der Waals surface area contributed by atoms with E-state index < -0.39 is 12.3 Å². The first-order valence-electron chi connectivity index (χ1n) is 15.1. The first kappa shape index (κ1) is 33.6. The molecule has 2 amide bonds. The normalized spacial score (nSPS) is 17.5. The maximum atomic E-state index is 12.6. The molecule has 244 valence electrons. The van der Waals surface area contributed by atoms with E-state index in [0.29, 0.717) is 40.7 Å². The number of aliphatic hydroxyl groups excluding tert-OH is 1. The van der Waals surface area contributed by atoms with Gasteiger partial charge in [0.05, 0.1) is 35.8 Å². The lowest BCUT2D eigenvalue weighted by Crippen LogP contribution is -2.31. The van der Waals surface area contributed by atoms with Crippen LogP contribution in [0, 0.1) is 0 Å². The number of carboxylic acids is 1. The smallest absolute Gasteiger partial charge is 0.338 e. The lowest BCUT2D eigenvalue weighted by Gasteiger charge is -2.36. The van der Waals surface area contributed by atoms with Gasteiger partial charge >= 0.3 is 5.97 Å². The summed E-state index contributed by atoms with van der Waals surface area (Å²) >= 11 is 1.32. The first-order valence-corrected chi connectivity index (χ1v) is 16.1. The Morgan fingerprint density at radius 3 is 2.28 bits per heavy atom. The van der Waals surface area contributed by atoms with Crippen molar-refractivity contribution in [2.24, 2.45) is 0 Å². The zero-order valence-corrected chi connectivity index (χ0v) is 26.3. The molecule has 12 heteroatoms. The minimum atomic E-state index is -1.04. The summed E-state index contributed by atoms with van der Waals surface area (Å²) in [5.74, 6) is -1.02. The van der Waals surface area contributed by atoms with E-state index in [-0.39, 0.29) is 49.0 Å². The van der Waals surface area contributed by atoms with Gasteiger partial charge in [0.25, 0.3) is 0 Å². The third kappa shape index (κ3) is 9.39. The Labute approximate surface area is 276 Å². The number of amides is 2. The number of nitrogen functional groups attached to an aromatic ring is 1. The number of carboxylic acid groups (broad SMARTS) is 1. The van der Waals surface area contributed by atoms with E-state index in [4.69, 9.17) is 15.2 Å². The fourth-order valence-electron chi connectivity index (χ4n) is 5.04. The molecule has 1 aromatic heterocycles. The van der Waals surface area contributed by atoms with Gasteiger partial charge in [0, 0.05) is 42.5 Å². The van der Waals surface area contributed by atoms with Gasteiger partial charge in [0.1, 0.15) is 5.03 Å². The van der Waals surface area contributed by atoms with Gasteiger partial charge in [-0.15, -0.1) is 11.8 Å². The number of carbonyl (C=O) groups is 3. The third-order valence-corrected chi connectivity index (χ3v) is 8.67. The molecule has 11 nitrogen and oxygen atoms in total. The van der Waals surface area contributed by atoms with Crippen LogP contribution in [0.4, 0.5) is 17.1 Å². The van der Waals surface area contributed by atoms with Crippen molar-refractivity contribution in [1.29, 1.82) is 0 Å². The molecule has 0 radical (unpaired) electrons. The Hall–Kier alpha value is -4.75. The van der Waals surface area contributed by atoms with Crippen molar-refractivity contribution in [1.82, 2.24) is 4.98 Å². The van der Waals surface area contributed by atoms with Crippen molar-refractivity contribution in [2.75, 3.05) is 22.1 Å². The van der Waals surface area contributed by atoms with Crippen LogP contribution >= 0.6 is 11.8 Å². The molecule has 0 bridgehead atoms. The van der Waals surface area contributed by atoms with Gasteiger partial charge in [0.15, 0.2) is 6.29 Å². The molecule has 4 aromatic rings. The number of hydrogen-bond donors (Lipinski definition) is 5. The van der Waals surface area contributed by atoms with Crippen molar-refractivity contribution in [3.63, 3.8) is 0 Å². The predicted molar refractivity (Wildman–Crippen MR) is 179 cm³/mol. The third-order valence-electron chi connectivity index (χ3n) is 7.53. The standard InChI is InChI=1S/C35H36N4O7S/c36-28-6-1-2-7-29(28)39-32(42)9-3-8-31(41)38-25-16-14-24(15-17-25)35-45-26(21-47-33-27(34(43)44)5-4-18-37-33)19-30(46-35)23-12-10-22(20-40)11-13-23/h1-2,4-7,10-18,26,30,35,40H,3,8-9,19-21,36H2,(H,38,41)(H,39,42)(H,43,44)/t26-,30+,35+/m1/s1. The Balaban J connectivity index is 1.19. The monoisotopic (exact) mass is 656 g/mol. The van der Waals surface area contributed by atoms with Crippen LogP contribution in [-0.4, -0.2) is 44.8 Å². The van der Waals surface area contributed by atoms with Gasteiger partial charge in [-0.05, 0) is 53.9 Å². The highest BCUT2D eigenvalue weighted by Gasteiger charge is 2.32. The molecular weight excluding hydrogens is 620 g/mol. The van der Waals surface area contributed by atoms with Crippen molar-refractivity contribution in [2.45, 2.75) is 55.8 Å². The van der Waals surface area contributed by atoms with Crippen LogP contribution in [0.2, 0.25) is 0 Å². The van der Waals surface area contributed by atoms with E-state index in [2.05, 4.69) is 15.6 Å². The van der Waals surface area contributed by atoms with Crippen molar-refractivity contribution >= 4 is 46.6 Å². The fourth-order valence-corrected chi connectivity index (χ4v) is 6.05. The summed E-state index contributed by atoms with van der Waals surface area (Å²) in [5, 5.41) is 25.1. The molecule has 5 rings (SSSR count). The molecule has 0 saturated carbocycles. The number of hydrogen-bond acceptors (Lipinski definition) is 9. The van der Waals surface area contributed by atoms with E-state index in [1.54, 1.807) is 48.7 Å². The number of aromatic carboxylic acids is 1. The highest BCUT2D eigenvalue weighted by atomic mass is 32.2. The van der Waals surface area contributed by atoms with Gasteiger partial charge in [-0.3, -0.25) is 9.59 Å². The van der Waals surface area contributed by atoms with Gasteiger partial charge in [-0.1, -0.05) is 48.5 Å². The number of rotatable bonds is 13. The van der Waals surface area contributed by atoms with Gasteiger partial charge in [-0.2, -0.15) is 0 Å². The molecule has 3 atom stereocenters. The van der Waals surface area contributed by atoms with E-state index in [1.165, 1.54) is 17.8 Å². The second-order valence-electron chi connectivity index (χ2n) is 11.0. The van der Waals surface area contributed by atoms with Gasteiger partial charge in [-0.25, -0.2) is 9.78 Å². The number of para-hydroxylation sites is 2. The molecule has 6 N–H and O–H groups in total. The van der Waals surface area contributed by atoms with Crippen LogP contribution in [0.1, 0.15) is 65.1 Å². The number of ether oxygens (including phenoxy) is 2. The molecule has 0 spiro atoms. The number of anilines is 3. The van der Waals surface area contributed by atoms with Crippen LogP contribution in [0.25, 0.3) is 0 Å². The van der Waals surface area contributed by atoms with E-state index >= 15 is 0 Å². The topological polar surface area (TPSA) is 173 Å². The maximum Gasteiger partial charge on any atom is 0.338 e. The van der Waals surface area contributed by atoms with Crippen molar-refractivity contribution < 1.29 is 34.1 Å². The molecule has 1 aliphatic rings. The number of nitrogens with one attached hydrogen (secondary N) is 2. The number of nitrogens with two attached hydrogens (primary N) is 1. The quantitative estimate of drug-likeness (QED) is 0.0856. The predicted octanol–water partition coefficient (Wildman–Crippen LogP) is 5.94. The largest absolute Gasteiger partial charge is 0.478 e. The van der Waals surface area contributed by atoms with Crippen LogP contribution in [0.5, 0.6) is 0 Å². The van der Waals surface area contributed by atoms with Crippen LogP contribution in [-0.2, 0) is 25.7 Å². The summed E-state index contributed by atoms with van der Waals surface area (Å²) in [7, 11) is 0. The zero-order chi connectivity index (χ0) is 33.2. The fraction of sp³-hybridized carbons (Fsp3) is 0.257. The van der Waals surface area contributed by atoms with Crippen LogP contribution < -0.4 is 16.4 Å². The second kappa shape index (κ2) is 16.2. The second-order valence-corrected chi connectivity index (χ2v) is 12.0. The Bertz CT molecular complexity index is 1680. The molecule has 0 aliphatic carbocycles. The average Bonchev–Trinajstić information content (AvgIpc) is 3.08. The van der Waals surface area contributed by atoms with Crippen LogP contribution in [0.3, 0.4) is 0 Å². The summed E-state index contributed by atoms with van der Waals surface area (Å²) in [4.78, 5) is 40.7. The van der Waals surface area contributed by atoms with E-state index in [1.807, 2.05) is 36.4 Å². The summed E-state index contributed by atoms with van der Waals surface area (Å²) in [6.45, 7) is -0.0607. The maximum absolute atomic E-state index is 12.6. The first-order chi connectivity index (χ1) is 22.8. The van der Waals surface area contributed by atoms with Gasteiger partial charge < -0.3 is 36.1 Å². The van der Waals surface area contributed by atoms with E-state index in [9.17, 15) is 24.6 Å². The van der Waals surface area contributed by atoms with Crippen molar-refractivity contribution in [3.8, 4) is 0 Å². The summed E-state index contributed by atoms with van der Waals surface area (Å²) in [5.41, 5.74) is 10.1. The van der Waals surface area contributed by atoms with Crippen molar-refractivity contribution in [3.05, 3.63) is 113 Å². The molecule has 2 heterocycles. The molecular formula is C35H36N4O7S. The Kier molecular flexibility index (Phi) is 11.6. The average molecular weight is 657 g/mol. The molecule has 3 aromatic carbocycles. The molecule has 1 saturated heterocycles. The molecule has 47 heavy (non-hydrogen) atoms. The number of nitrogens with zero attached hydrogens (tertiary/aromatic N) is 1. The highest BCUT2D eigenvalue weighted by Crippen LogP contribution is 2.39. The lowest BCUT2D eigenvalue weighted by molar-refractivity contribution is -0.245. The molecule has 1 aliphatic heterocycles. The SMILES string of the molecule is Nc1ccccc1NC(=O)CCCC(=O)Nc1ccc([C@H]2O[C@@H](CSc3ncccc3C(=O)O)C[C@@H](c3ccc(CO)cc3)O2)cc1. The summed E-state index contributed by atoms with van der Waals surface area (Å²) < 4.78 is 12.7. The molecule has 1 fully saturated rings. The summed E-state index contributed by atoms with van der Waals surface area (Å²) in [6, 6.07) is 24.8. The number of benzene rings is 3. The number of aliphatic hydroxyl groups is 1. The minimum Gasteiger partial charge on any atom is -0.478 e. The Morgan fingerprint density at radius 1 is 0.872 bits per heavy atom. The van der Waals surface area contributed by atoms with Crippen LogP contribution in [0.15, 0.2) is 96.2 Å². The molecule has 0 unspecified atom stereocenters. The summed E-state index contributed by atoms with van der Waals surface area (Å²) in [6.07, 6.45) is 1.49. The van der Waals surface area contributed by atoms with E-state index in [0.717, 1.165) is 16.7 Å². The number of pyridine rings is 1. The minimum absolute atomic E-state index is 0.0607. The highest BCUT2D eigenvalue weighted by molar-refractivity contribution is 7.99. The zero-order valence-electron chi connectivity index (χ0n) is 25.5. The number of carbonyl (C=O) groups excluding carboxylic acids is 2. The lowest BCUT2D eigenvalue weighted by atomic mass is 10.0. The van der Waals surface area contributed by atoms with Gasteiger partial charge in [0.2, 0.25) is 11.8 Å². The number of thioether (sulfide) groups is 1. The Morgan fingerprint density at radius 2 is 1.57 bits per heavy atom.